The molecule has 10 nitrogen and oxygen atoms in total. The summed E-state index contributed by atoms with van der Waals surface area (Å²) < 4.78 is 5.09. The number of methoxy groups -OCH3 is 1. The summed E-state index contributed by atoms with van der Waals surface area (Å²) in [4.78, 5) is 52.5. The van der Waals surface area contributed by atoms with Gasteiger partial charge in [0.05, 0.1) is 7.11 Å². The quantitative estimate of drug-likeness (QED) is 0.393. The van der Waals surface area contributed by atoms with Crippen LogP contribution in [-0.2, 0) is 16.0 Å². The normalized spacial score (nSPS) is 16.5. The van der Waals surface area contributed by atoms with Crippen LogP contribution in [0.3, 0.4) is 0 Å². The van der Waals surface area contributed by atoms with Crippen LogP contribution in [0.4, 0.5) is 0 Å². The lowest BCUT2D eigenvalue weighted by Gasteiger charge is -2.34. The summed E-state index contributed by atoms with van der Waals surface area (Å²) in [6.45, 7) is 8.25. The molecule has 1 unspecified atom stereocenters. The molecule has 4 amide bonds. The van der Waals surface area contributed by atoms with E-state index in [0.29, 0.717) is 17.5 Å². The van der Waals surface area contributed by atoms with E-state index in [4.69, 9.17) is 4.74 Å². The lowest BCUT2D eigenvalue weighted by atomic mass is 9.99. The van der Waals surface area contributed by atoms with Crippen LogP contribution in [0.25, 0.3) is 0 Å². The molecule has 2 aliphatic heterocycles. The second-order valence-electron chi connectivity index (χ2n) is 10.3. The van der Waals surface area contributed by atoms with Crippen LogP contribution in [0.1, 0.15) is 58.5 Å². The molecule has 0 aromatic heterocycles. The van der Waals surface area contributed by atoms with Crippen molar-refractivity contribution < 1.29 is 23.9 Å². The Morgan fingerprint density at radius 3 is 2.28 bits per heavy atom. The highest BCUT2D eigenvalue weighted by atomic mass is 16.5. The smallest absolute Gasteiger partial charge is 0.255 e. The van der Waals surface area contributed by atoms with E-state index in [1.807, 2.05) is 44.0 Å². The van der Waals surface area contributed by atoms with Crippen molar-refractivity contribution in [2.24, 2.45) is 0 Å². The summed E-state index contributed by atoms with van der Waals surface area (Å²) in [6.07, 6.45) is 3.85. The Hall–Kier alpha value is -4.20. The van der Waals surface area contributed by atoms with Crippen molar-refractivity contribution in [1.29, 1.82) is 0 Å². The molecule has 230 valence electrons. The molecule has 10 heteroatoms. The molecule has 1 atom stereocenters. The van der Waals surface area contributed by atoms with Gasteiger partial charge in [-0.2, -0.15) is 0 Å². The highest BCUT2D eigenvalue weighted by Crippen LogP contribution is 2.27. The minimum atomic E-state index is -0.778. The fourth-order valence-electron chi connectivity index (χ4n) is 4.87. The number of nitrogens with zero attached hydrogens (tertiary/aromatic N) is 3. The molecule has 2 aromatic rings. The molecule has 0 bridgehead atoms. The Bertz CT molecular complexity index is 1320. The van der Waals surface area contributed by atoms with Crippen LogP contribution in [0, 0.1) is 11.8 Å². The molecule has 2 heterocycles. The molecule has 1 saturated carbocycles. The average molecular weight is 590 g/mol. The maximum absolute atomic E-state index is 12.7. The Kier molecular flexibility index (Phi) is 12.7. The summed E-state index contributed by atoms with van der Waals surface area (Å²) >= 11 is 0. The second-order valence-corrected chi connectivity index (χ2v) is 10.3. The van der Waals surface area contributed by atoms with Gasteiger partial charge in [-0.3, -0.25) is 34.7 Å². The third kappa shape index (κ3) is 9.14. The van der Waals surface area contributed by atoms with E-state index >= 15 is 0 Å². The first kappa shape index (κ1) is 33.3. The van der Waals surface area contributed by atoms with Crippen molar-refractivity contribution in [3.8, 4) is 17.6 Å². The van der Waals surface area contributed by atoms with Crippen LogP contribution in [0.15, 0.2) is 42.5 Å². The number of carbonyl (C=O) groups excluding carboxylic acids is 4. The van der Waals surface area contributed by atoms with E-state index in [1.54, 1.807) is 43.3 Å². The molecule has 2 fully saturated rings. The van der Waals surface area contributed by atoms with Crippen molar-refractivity contribution in [3.63, 3.8) is 0 Å². The van der Waals surface area contributed by atoms with Gasteiger partial charge in [0.15, 0.2) is 0 Å². The number of nitrogens with one attached hydrogen (secondary N) is 2. The zero-order valence-electron chi connectivity index (χ0n) is 25.8. The number of likely N-dealkylation sites (N-methyl/N-ethyl adjacent to an activating group) is 2. The van der Waals surface area contributed by atoms with Gasteiger partial charge < -0.3 is 14.5 Å². The van der Waals surface area contributed by atoms with E-state index in [-0.39, 0.29) is 11.8 Å². The molecule has 5 rings (SSSR count). The largest absolute Gasteiger partial charge is 0.497 e. The topological polar surface area (TPSA) is 111 Å². The third-order valence-corrected chi connectivity index (χ3v) is 7.52. The zero-order chi connectivity index (χ0) is 31.4. The van der Waals surface area contributed by atoms with E-state index in [9.17, 15) is 19.2 Å². The second kappa shape index (κ2) is 16.4. The van der Waals surface area contributed by atoms with Crippen LogP contribution < -0.4 is 15.4 Å². The standard InChI is InChI=1S/C20H24N4O3.C11H13NO2.C2H6/c1-21-18(19(26)22-14-25)9-4-15-2-5-16(6-3-15)20(27)24-12-10-23(11-13-24)17-7-8-17;1-12-6-5-8-3-4-9(14-2)7-10(8)11(12)13;1-2/h2-3,5-6,14,17-18,21H,7-8,10-13H2,1H3,(H,22,25,26);3-4,7H,5-6H2,1-2H3;1-2H3. The van der Waals surface area contributed by atoms with Gasteiger partial charge in [0.25, 0.3) is 17.7 Å². The van der Waals surface area contributed by atoms with E-state index in [2.05, 4.69) is 27.4 Å². The first-order chi connectivity index (χ1) is 20.8. The van der Waals surface area contributed by atoms with E-state index in [1.165, 1.54) is 12.8 Å². The molecule has 1 aliphatic carbocycles. The molecule has 1 saturated heterocycles. The number of amides is 4. The summed E-state index contributed by atoms with van der Waals surface area (Å²) in [5.74, 6) is 6.03. The number of carbonyl (C=O) groups is 4. The Labute approximate surface area is 254 Å². The Morgan fingerprint density at radius 1 is 1.02 bits per heavy atom. The van der Waals surface area contributed by atoms with Gasteiger partial charge in [0.2, 0.25) is 6.41 Å². The highest BCUT2D eigenvalue weighted by molar-refractivity contribution is 5.97. The molecule has 2 N–H and O–H groups in total. The molecular formula is C33H43N5O5. The van der Waals surface area contributed by atoms with Crippen LogP contribution in [0.5, 0.6) is 5.75 Å². The van der Waals surface area contributed by atoms with Crippen molar-refractivity contribution >= 4 is 24.1 Å². The van der Waals surface area contributed by atoms with Crippen LogP contribution >= 0.6 is 0 Å². The van der Waals surface area contributed by atoms with Crippen molar-refractivity contribution in [2.45, 2.75) is 45.2 Å². The van der Waals surface area contributed by atoms with Gasteiger partial charge in [0, 0.05) is 62.5 Å². The van der Waals surface area contributed by atoms with Gasteiger partial charge in [0.1, 0.15) is 11.8 Å². The average Bonchev–Trinajstić information content (AvgIpc) is 3.90. The lowest BCUT2D eigenvalue weighted by molar-refractivity contribution is -0.125. The minimum Gasteiger partial charge on any atom is -0.497 e. The number of benzene rings is 2. The van der Waals surface area contributed by atoms with Crippen molar-refractivity contribution in [3.05, 3.63) is 64.7 Å². The summed E-state index contributed by atoms with van der Waals surface area (Å²) in [6, 6.07) is 12.7. The number of fused-ring (bicyclic) bond motifs is 1. The molecule has 0 spiro atoms. The Balaban J connectivity index is 0.000000265. The van der Waals surface area contributed by atoms with E-state index < -0.39 is 11.9 Å². The number of hydrogen-bond acceptors (Lipinski definition) is 7. The minimum absolute atomic E-state index is 0.0448. The molecular weight excluding hydrogens is 546 g/mol. The van der Waals surface area contributed by atoms with Crippen LogP contribution in [0.2, 0.25) is 0 Å². The third-order valence-electron chi connectivity index (χ3n) is 7.52. The zero-order valence-corrected chi connectivity index (χ0v) is 25.8. The molecule has 0 radical (unpaired) electrons. The Morgan fingerprint density at radius 2 is 1.70 bits per heavy atom. The highest BCUT2D eigenvalue weighted by Gasteiger charge is 2.32. The number of hydrogen-bond donors (Lipinski definition) is 2. The monoisotopic (exact) mass is 589 g/mol. The lowest BCUT2D eigenvalue weighted by Crippen LogP contribution is -2.49. The number of ether oxygens (including phenoxy) is 1. The fourth-order valence-corrected chi connectivity index (χ4v) is 4.87. The predicted octanol–water partition coefficient (Wildman–Crippen LogP) is 2.17. The number of rotatable bonds is 6. The van der Waals surface area contributed by atoms with Gasteiger partial charge in [-0.25, -0.2) is 0 Å². The summed E-state index contributed by atoms with van der Waals surface area (Å²) in [5.41, 5.74) is 3.24. The summed E-state index contributed by atoms with van der Waals surface area (Å²) in [7, 11) is 5.03. The van der Waals surface area contributed by atoms with E-state index in [0.717, 1.165) is 62.1 Å². The van der Waals surface area contributed by atoms with Gasteiger partial charge in [-0.05, 0) is 68.3 Å². The number of imide groups is 1. The predicted molar refractivity (Wildman–Crippen MR) is 166 cm³/mol. The maximum atomic E-state index is 12.7. The molecule has 2 aromatic carbocycles. The first-order valence-corrected chi connectivity index (χ1v) is 14.8. The summed E-state index contributed by atoms with van der Waals surface area (Å²) in [5, 5.41) is 4.81. The molecule has 43 heavy (non-hydrogen) atoms. The first-order valence-electron chi connectivity index (χ1n) is 14.8. The SMILES string of the molecule is CC.CNC(C#Cc1ccc(C(=O)N2CCN(C3CC3)CC2)cc1)C(=O)NC=O.COc1ccc2c(c1)C(=O)N(C)CC2. The van der Waals surface area contributed by atoms with Crippen molar-refractivity contribution in [1.82, 2.24) is 25.3 Å². The van der Waals surface area contributed by atoms with Gasteiger partial charge >= 0.3 is 0 Å². The fraction of sp³-hybridized carbons (Fsp3) is 0.455. The number of piperazine rings is 1. The van der Waals surface area contributed by atoms with Crippen molar-refractivity contribution in [2.75, 3.05) is 53.9 Å². The van der Waals surface area contributed by atoms with Gasteiger partial charge in [-0.15, -0.1) is 0 Å². The molecule has 3 aliphatic rings. The van der Waals surface area contributed by atoms with Crippen LogP contribution in [-0.4, -0.2) is 105 Å². The maximum Gasteiger partial charge on any atom is 0.255 e. The van der Waals surface area contributed by atoms with Gasteiger partial charge in [-0.1, -0.05) is 31.8 Å².